The zero-order valence-corrected chi connectivity index (χ0v) is 21.0. The molecule has 2 aliphatic rings. The molecule has 2 fully saturated rings. The minimum atomic E-state index is -1.25. The molecular formula is C26H29F2N5O5. The number of methoxy groups -OCH3 is 1. The Labute approximate surface area is 217 Å². The molecule has 38 heavy (non-hydrogen) atoms. The topological polar surface area (TPSA) is 139 Å². The molecule has 12 heteroatoms. The minimum absolute atomic E-state index is 0.0716. The van der Waals surface area contributed by atoms with Gasteiger partial charge in [0, 0.05) is 25.2 Å². The molecule has 0 spiro atoms. The highest BCUT2D eigenvalue weighted by Gasteiger charge is 2.48. The van der Waals surface area contributed by atoms with E-state index in [2.05, 4.69) is 21.5 Å². The monoisotopic (exact) mass is 529 g/mol. The van der Waals surface area contributed by atoms with Crippen LogP contribution in [0.2, 0.25) is 0 Å². The average Bonchev–Trinajstić information content (AvgIpc) is 3.69. The number of nitriles is 1. The van der Waals surface area contributed by atoms with Crippen LogP contribution in [0.5, 0.6) is 0 Å². The van der Waals surface area contributed by atoms with E-state index in [9.17, 15) is 24.3 Å². The SMILES string of the molecule is CO[C@@H]1[C@@H](n2cc(-c3ccc(C)c(F)c3F)nn2)[C@@H](O)[C@@H](CO)O[C@@H]1Cc1cc(C2(C#N)CCCC2)no1. The van der Waals surface area contributed by atoms with Gasteiger partial charge < -0.3 is 24.2 Å². The largest absolute Gasteiger partial charge is 0.394 e. The molecule has 0 radical (unpaired) electrons. The van der Waals surface area contributed by atoms with E-state index in [0.717, 1.165) is 25.7 Å². The number of aliphatic hydroxyl groups excluding tert-OH is 2. The number of hydrogen-bond acceptors (Lipinski definition) is 9. The van der Waals surface area contributed by atoms with Crippen LogP contribution in [-0.2, 0) is 21.3 Å². The van der Waals surface area contributed by atoms with Crippen LogP contribution in [0, 0.1) is 29.9 Å². The zero-order chi connectivity index (χ0) is 27.0. The summed E-state index contributed by atoms with van der Waals surface area (Å²) in [4.78, 5) is 0. The fraction of sp³-hybridized carbons (Fsp3) is 0.538. The minimum Gasteiger partial charge on any atom is -0.394 e. The number of halogens is 2. The molecule has 1 aliphatic heterocycles. The molecule has 1 saturated carbocycles. The number of ether oxygens (including phenoxy) is 2. The predicted octanol–water partition coefficient (Wildman–Crippen LogP) is 2.77. The van der Waals surface area contributed by atoms with Crippen LogP contribution < -0.4 is 0 Å². The molecular weight excluding hydrogens is 500 g/mol. The van der Waals surface area contributed by atoms with Gasteiger partial charge in [0.2, 0.25) is 0 Å². The summed E-state index contributed by atoms with van der Waals surface area (Å²) in [5.41, 5.74) is 0.0869. The predicted molar refractivity (Wildman–Crippen MR) is 128 cm³/mol. The lowest BCUT2D eigenvalue weighted by molar-refractivity contribution is -0.212. The van der Waals surface area contributed by atoms with Crippen molar-refractivity contribution < 1.29 is 33.0 Å². The standard InChI is InChI=1S/C26H29F2N5O5/c1-14-5-6-16(22(28)21(14)27)17-11-33(32-30-17)23-24(35)19(12-34)37-18(25(23)36-2)9-15-10-20(31-38-15)26(13-29)7-3-4-8-26/h5-6,10-11,18-19,23-25,34-35H,3-4,7-9,12H2,1-2H3/t18-,19-,23+,24+,25+/m1/s1. The Kier molecular flexibility index (Phi) is 7.28. The molecule has 0 amide bonds. The smallest absolute Gasteiger partial charge is 0.168 e. The Morgan fingerprint density at radius 3 is 2.68 bits per heavy atom. The van der Waals surface area contributed by atoms with Crippen molar-refractivity contribution in [2.24, 2.45) is 0 Å². The first-order chi connectivity index (χ1) is 18.3. The van der Waals surface area contributed by atoms with Gasteiger partial charge in [0.15, 0.2) is 11.6 Å². The second-order valence-corrected chi connectivity index (χ2v) is 10.0. The van der Waals surface area contributed by atoms with Crippen molar-refractivity contribution in [2.75, 3.05) is 13.7 Å². The summed E-state index contributed by atoms with van der Waals surface area (Å²) in [5, 5.41) is 43.0. The molecule has 1 aromatic carbocycles. The van der Waals surface area contributed by atoms with Crippen LogP contribution >= 0.6 is 0 Å². The molecule has 1 saturated heterocycles. The van der Waals surface area contributed by atoms with Crippen molar-refractivity contribution in [1.29, 1.82) is 5.26 Å². The molecule has 0 unspecified atom stereocenters. The fourth-order valence-electron chi connectivity index (χ4n) is 5.56. The van der Waals surface area contributed by atoms with Gasteiger partial charge in [-0.15, -0.1) is 5.10 Å². The summed E-state index contributed by atoms with van der Waals surface area (Å²) in [6, 6.07) is 6.12. The average molecular weight is 530 g/mol. The number of aliphatic hydroxyl groups is 2. The molecule has 10 nitrogen and oxygen atoms in total. The maximum atomic E-state index is 14.6. The summed E-state index contributed by atoms with van der Waals surface area (Å²) in [6.45, 7) is 0.977. The Morgan fingerprint density at radius 2 is 2.00 bits per heavy atom. The Hall–Kier alpha value is -3.24. The van der Waals surface area contributed by atoms with E-state index in [1.165, 1.54) is 37.0 Å². The fourth-order valence-corrected chi connectivity index (χ4v) is 5.56. The van der Waals surface area contributed by atoms with Crippen molar-refractivity contribution in [2.45, 2.75) is 74.9 Å². The van der Waals surface area contributed by atoms with Crippen LogP contribution in [0.1, 0.15) is 48.7 Å². The first-order valence-corrected chi connectivity index (χ1v) is 12.5. The van der Waals surface area contributed by atoms with Gasteiger partial charge in [0.05, 0.1) is 25.0 Å². The summed E-state index contributed by atoms with van der Waals surface area (Å²) < 4.78 is 47.3. The second kappa shape index (κ2) is 10.5. The quantitative estimate of drug-likeness (QED) is 0.473. The maximum Gasteiger partial charge on any atom is 0.168 e. The van der Waals surface area contributed by atoms with Crippen molar-refractivity contribution in [3.05, 3.63) is 53.0 Å². The van der Waals surface area contributed by atoms with Crippen LogP contribution in [0.3, 0.4) is 0 Å². The van der Waals surface area contributed by atoms with Gasteiger partial charge in [-0.3, -0.25) is 0 Å². The van der Waals surface area contributed by atoms with E-state index in [1.54, 1.807) is 6.07 Å². The number of aryl methyl sites for hydroxylation is 1. The van der Waals surface area contributed by atoms with Crippen LogP contribution in [0.25, 0.3) is 11.3 Å². The first-order valence-electron chi connectivity index (χ1n) is 12.5. The molecule has 2 N–H and O–H groups in total. The Balaban J connectivity index is 1.43. The third-order valence-electron chi connectivity index (χ3n) is 7.73. The summed E-state index contributed by atoms with van der Waals surface area (Å²) in [6.07, 6.45) is 1.20. The molecule has 1 aliphatic carbocycles. The van der Waals surface area contributed by atoms with Crippen molar-refractivity contribution in [3.8, 4) is 17.3 Å². The van der Waals surface area contributed by atoms with Gasteiger partial charge >= 0.3 is 0 Å². The van der Waals surface area contributed by atoms with Gasteiger partial charge in [-0.05, 0) is 31.4 Å². The van der Waals surface area contributed by atoms with E-state index in [4.69, 9.17) is 14.0 Å². The lowest BCUT2D eigenvalue weighted by Gasteiger charge is -2.43. The summed E-state index contributed by atoms with van der Waals surface area (Å²) >= 11 is 0. The van der Waals surface area contributed by atoms with Gasteiger partial charge in [-0.2, -0.15) is 5.26 Å². The van der Waals surface area contributed by atoms with Crippen molar-refractivity contribution in [3.63, 3.8) is 0 Å². The number of aromatic nitrogens is 4. The lowest BCUT2D eigenvalue weighted by atomic mass is 9.84. The Bertz CT molecular complexity index is 1330. The van der Waals surface area contributed by atoms with Gasteiger partial charge in [0.25, 0.3) is 0 Å². The molecule has 0 bridgehead atoms. The van der Waals surface area contributed by atoms with E-state index < -0.39 is 54.1 Å². The van der Waals surface area contributed by atoms with E-state index >= 15 is 0 Å². The Morgan fingerprint density at radius 1 is 1.24 bits per heavy atom. The molecule has 3 aromatic rings. The number of nitrogens with zero attached hydrogens (tertiary/aromatic N) is 5. The van der Waals surface area contributed by atoms with Crippen molar-refractivity contribution >= 4 is 0 Å². The normalized spacial score (nSPS) is 26.9. The first kappa shape index (κ1) is 26.4. The van der Waals surface area contributed by atoms with Crippen LogP contribution in [0.4, 0.5) is 8.78 Å². The maximum absolute atomic E-state index is 14.6. The third-order valence-corrected chi connectivity index (χ3v) is 7.73. The molecule has 5 rings (SSSR count). The van der Waals surface area contributed by atoms with Crippen LogP contribution in [0.15, 0.2) is 28.9 Å². The van der Waals surface area contributed by atoms with E-state index in [-0.39, 0.29) is 23.2 Å². The lowest BCUT2D eigenvalue weighted by Crippen LogP contribution is -2.57. The summed E-state index contributed by atoms with van der Waals surface area (Å²) in [5.74, 6) is -1.55. The van der Waals surface area contributed by atoms with Crippen LogP contribution in [-0.4, -0.2) is 68.5 Å². The molecule has 3 heterocycles. The van der Waals surface area contributed by atoms with E-state index in [1.807, 2.05) is 0 Å². The van der Waals surface area contributed by atoms with Gasteiger partial charge in [-0.25, -0.2) is 13.5 Å². The molecule has 2 aromatic heterocycles. The molecule has 5 atom stereocenters. The number of hydrogen-bond donors (Lipinski definition) is 2. The highest BCUT2D eigenvalue weighted by molar-refractivity contribution is 5.59. The number of rotatable bonds is 7. The van der Waals surface area contributed by atoms with Gasteiger partial charge in [-0.1, -0.05) is 29.3 Å². The third kappa shape index (κ3) is 4.49. The number of benzene rings is 1. The molecule has 202 valence electrons. The van der Waals surface area contributed by atoms with Gasteiger partial charge in [0.1, 0.15) is 46.9 Å². The zero-order valence-electron chi connectivity index (χ0n) is 21.0. The second-order valence-electron chi connectivity index (χ2n) is 10.0. The van der Waals surface area contributed by atoms with Crippen molar-refractivity contribution in [1.82, 2.24) is 20.2 Å². The van der Waals surface area contributed by atoms with E-state index in [0.29, 0.717) is 11.5 Å². The highest BCUT2D eigenvalue weighted by atomic mass is 19.2. The highest BCUT2D eigenvalue weighted by Crippen LogP contribution is 2.41. The summed E-state index contributed by atoms with van der Waals surface area (Å²) in [7, 11) is 1.45.